The van der Waals surface area contributed by atoms with Crippen molar-refractivity contribution in [2.24, 2.45) is 0 Å². The van der Waals surface area contributed by atoms with Gasteiger partial charge in [0.2, 0.25) is 0 Å². The first-order valence-corrected chi connectivity index (χ1v) is 6.96. The van der Waals surface area contributed by atoms with Crippen molar-refractivity contribution in [1.29, 1.82) is 0 Å². The maximum absolute atomic E-state index is 11.9. The molecule has 1 aromatic heterocycles. The molecule has 5 nitrogen and oxygen atoms in total. The van der Waals surface area contributed by atoms with E-state index in [1.54, 1.807) is 26.5 Å². The first-order valence-electron chi connectivity index (χ1n) is 6.55. The molecule has 2 rings (SSSR count). The lowest BCUT2D eigenvalue weighted by Gasteiger charge is -2.26. The molecule has 0 aromatic carbocycles. The normalized spacial score (nSPS) is 23.7. The molecule has 1 aliphatic rings. The third-order valence-electron chi connectivity index (χ3n) is 3.52. The Kier molecular flexibility index (Phi) is 4.03. The van der Waals surface area contributed by atoms with Crippen LogP contribution in [0.4, 0.5) is 0 Å². The summed E-state index contributed by atoms with van der Waals surface area (Å²) in [5.41, 5.74) is 0.661. The number of aliphatic hydroxyl groups is 1. The van der Waals surface area contributed by atoms with Gasteiger partial charge in [-0.15, -0.1) is 0 Å². The lowest BCUT2D eigenvalue weighted by molar-refractivity contribution is -0.0503. The number of ether oxygens (including phenoxy) is 1. The molecule has 1 aliphatic heterocycles. The molecule has 0 amide bonds. The Hall–Kier alpha value is -0.850. The van der Waals surface area contributed by atoms with E-state index in [0.29, 0.717) is 11.1 Å². The summed E-state index contributed by atoms with van der Waals surface area (Å²) in [6.45, 7) is 1.99. The van der Waals surface area contributed by atoms with Crippen molar-refractivity contribution in [3.63, 3.8) is 0 Å². The number of H-pyrrole nitrogens is 1. The molecule has 0 radical (unpaired) electrons. The van der Waals surface area contributed by atoms with Crippen molar-refractivity contribution in [3.8, 4) is 0 Å². The molecule has 0 spiro atoms. The Bertz CT molecular complexity index is 579. The van der Waals surface area contributed by atoms with Crippen molar-refractivity contribution < 1.29 is 9.84 Å². The third kappa shape index (κ3) is 3.01. The van der Waals surface area contributed by atoms with E-state index in [9.17, 15) is 9.90 Å². The van der Waals surface area contributed by atoms with E-state index in [2.05, 4.69) is 4.98 Å². The number of nitrogens with zero attached hydrogens (tertiary/aromatic N) is 1. The number of hydrogen-bond donors (Lipinski definition) is 2. The van der Waals surface area contributed by atoms with Crippen LogP contribution >= 0.6 is 12.2 Å². The summed E-state index contributed by atoms with van der Waals surface area (Å²) in [6, 6.07) is 0. The molecule has 0 saturated carbocycles. The lowest BCUT2D eigenvalue weighted by atomic mass is 9.61. The van der Waals surface area contributed by atoms with Gasteiger partial charge in [-0.05, 0) is 19.3 Å². The average Bonchev–Trinajstić information content (AvgIpc) is 2.78. The van der Waals surface area contributed by atoms with Crippen LogP contribution in [0.1, 0.15) is 31.6 Å². The maximum Gasteiger partial charge on any atom is 0.328 e. The quantitative estimate of drug-likeness (QED) is 0.554. The van der Waals surface area contributed by atoms with Gasteiger partial charge in [-0.25, -0.2) is 4.79 Å². The van der Waals surface area contributed by atoms with Crippen LogP contribution in [0.15, 0.2) is 11.0 Å². The standard InChI is InChI=1S/C11H18B2N2O3S/c1-2-6-5-15(10(16)14-9(6)19)8-4-3-7(18-8)11(12,13)17/h5,7-8,17H,2-4,12-13H2,1H3,(H,14,16,19). The summed E-state index contributed by atoms with van der Waals surface area (Å²) >= 11 is 5.11. The van der Waals surface area contributed by atoms with Gasteiger partial charge in [0.25, 0.3) is 0 Å². The third-order valence-corrected chi connectivity index (χ3v) is 3.88. The van der Waals surface area contributed by atoms with E-state index < -0.39 is 5.40 Å². The van der Waals surface area contributed by atoms with Crippen LogP contribution in [0.2, 0.25) is 0 Å². The Morgan fingerprint density at radius 1 is 1.63 bits per heavy atom. The minimum absolute atomic E-state index is 0.252. The SMILES string of the molecule is BC(B)(O)C1CCC(n2cc(CC)c(=S)[nH]c2=O)O1. The van der Waals surface area contributed by atoms with E-state index >= 15 is 0 Å². The summed E-state index contributed by atoms with van der Waals surface area (Å²) < 4.78 is 7.82. The molecule has 2 N–H and O–H groups in total. The highest BCUT2D eigenvalue weighted by molar-refractivity contribution is 7.71. The molecule has 1 aromatic rings. The zero-order valence-corrected chi connectivity index (χ0v) is 12.3. The van der Waals surface area contributed by atoms with Crippen LogP contribution in [0.25, 0.3) is 0 Å². The summed E-state index contributed by atoms with van der Waals surface area (Å²) in [7, 11) is 3.44. The number of aryl methyl sites for hydroxylation is 1. The van der Waals surface area contributed by atoms with E-state index in [1.165, 1.54) is 0 Å². The highest BCUT2D eigenvalue weighted by Gasteiger charge is 2.36. The molecule has 2 heterocycles. The Labute approximate surface area is 118 Å². The molecule has 2 atom stereocenters. The number of nitrogens with one attached hydrogen (secondary N) is 1. The molecule has 1 fully saturated rings. The van der Waals surface area contributed by atoms with Crippen LogP contribution in [0, 0.1) is 4.64 Å². The Morgan fingerprint density at radius 2 is 2.32 bits per heavy atom. The molecule has 102 valence electrons. The van der Waals surface area contributed by atoms with Gasteiger partial charge in [0.15, 0.2) is 0 Å². The fourth-order valence-electron chi connectivity index (χ4n) is 2.34. The summed E-state index contributed by atoms with van der Waals surface area (Å²) in [5, 5.41) is 9.06. The predicted molar refractivity (Wildman–Crippen MR) is 80.4 cm³/mol. The topological polar surface area (TPSA) is 67.2 Å². The first kappa shape index (κ1) is 14.6. The van der Waals surface area contributed by atoms with Gasteiger partial charge in [-0.3, -0.25) is 9.55 Å². The van der Waals surface area contributed by atoms with Gasteiger partial charge in [0.1, 0.15) is 26.6 Å². The first-order chi connectivity index (χ1) is 8.82. The van der Waals surface area contributed by atoms with E-state index in [4.69, 9.17) is 17.0 Å². The highest BCUT2D eigenvalue weighted by Crippen LogP contribution is 2.31. The Balaban J connectivity index is 2.30. The number of hydrogen-bond acceptors (Lipinski definition) is 4. The molecular weight excluding hydrogens is 262 g/mol. The molecule has 1 saturated heterocycles. The van der Waals surface area contributed by atoms with Crippen LogP contribution in [0.3, 0.4) is 0 Å². The van der Waals surface area contributed by atoms with Crippen molar-refractivity contribution in [2.45, 2.75) is 43.9 Å². The molecule has 0 aliphatic carbocycles. The van der Waals surface area contributed by atoms with Crippen molar-refractivity contribution in [2.75, 3.05) is 0 Å². The molecular formula is C11H18B2N2O3S. The van der Waals surface area contributed by atoms with Gasteiger partial charge < -0.3 is 9.84 Å². The van der Waals surface area contributed by atoms with Gasteiger partial charge in [-0.2, -0.15) is 0 Å². The van der Waals surface area contributed by atoms with Crippen molar-refractivity contribution in [3.05, 3.63) is 26.9 Å². The number of aromatic nitrogens is 2. The fraction of sp³-hybridized carbons (Fsp3) is 0.636. The smallest absolute Gasteiger partial charge is 0.328 e. The number of rotatable bonds is 3. The largest absolute Gasteiger partial charge is 0.405 e. The summed E-state index contributed by atoms with van der Waals surface area (Å²) in [4.78, 5) is 14.6. The van der Waals surface area contributed by atoms with E-state index in [1.807, 2.05) is 6.92 Å². The van der Waals surface area contributed by atoms with Crippen molar-refractivity contribution in [1.82, 2.24) is 9.55 Å². The minimum Gasteiger partial charge on any atom is -0.405 e. The molecule has 0 bridgehead atoms. The van der Waals surface area contributed by atoms with Crippen LogP contribution in [-0.4, -0.2) is 41.9 Å². The second kappa shape index (κ2) is 5.26. The zero-order chi connectivity index (χ0) is 14.2. The predicted octanol–water partition coefficient (Wildman–Crippen LogP) is -0.942. The lowest BCUT2D eigenvalue weighted by Crippen LogP contribution is -2.43. The summed E-state index contributed by atoms with van der Waals surface area (Å²) in [6.07, 6.45) is 3.38. The monoisotopic (exact) mass is 280 g/mol. The maximum atomic E-state index is 11.9. The van der Waals surface area contributed by atoms with Crippen LogP contribution in [0.5, 0.6) is 0 Å². The van der Waals surface area contributed by atoms with Crippen LogP contribution in [-0.2, 0) is 11.2 Å². The fourth-order valence-corrected chi connectivity index (χ4v) is 2.62. The molecule has 2 unspecified atom stereocenters. The van der Waals surface area contributed by atoms with Crippen LogP contribution < -0.4 is 5.69 Å². The molecule has 19 heavy (non-hydrogen) atoms. The van der Waals surface area contributed by atoms with E-state index in [0.717, 1.165) is 18.4 Å². The van der Waals surface area contributed by atoms with E-state index in [-0.39, 0.29) is 18.0 Å². The van der Waals surface area contributed by atoms with Gasteiger partial charge in [-0.1, -0.05) is 19.1 Å². The Morgan fingerprint density at radius 3 is 2.84 bits per heavy atom. The number of aromatic amines is 1. The minimum atomic E-state index is -0.895. The van der Waals surface area contributed by atoms with Crippen molar-refractivity contribution >= 4 is 27.9 Å². The second-order valence-corrected chi connectivity index (χ2v) is 5.89. The van der Waals surface area contributed by atoms with Gasteiger partial charge in [0, 0.05) is 17.2 Å². The van der Waals surface area contributed by atoms with Gasteiger partial charge >= 0.3 is 5.69 Å². The average molecular weight is 280 g/mol. The summed E-state index contributed by atoms with van der Waals surface area (Å²) in [5.74, 6) is 0. The van der Waals surface area contributed by atoms with Gasteiger partial charge in [0.05, 0.1) is 6.10 Å². The second-order valence-electron chi connectivity index (χ2n) is 5.48. The highest BCUT2D eigenvalue weighted by atomic mass is 32.1. The molecule has 8 heteroatoms. The zero-order valence-electron chi connectivity index (χ0n) is 11.5.